The van der Waals surface area contributed by atoms with Crippen LogP contribution in [0.3, 0.4) is 0 Å². The van der Waals surface area contributed by atoms with E-state index < -0.39 is 30.1 Å². The average molecular weight is 1780 g/mol. The Kier molecular flexibility index (Phi) is 34.8. The molecule has 2 atom stereocenters. The van der Waals surface area contributed by atoms with E-state index in [4.69, 9.17) is 48.9 Å². The van der Waals surface area contributed by atoms with Gasteiger partial charge in [-0.3, -0.25) is 24.2 Å². The van der Waals surface area contributed by atoms with Crippen LogP contribution in [0.25, 0.3) is 50.7 Å². The minimum Gasteiger partial charge on any atom is -0.493 e. The summed E-state index contributed by atoms with van der Waals surface area (Å²) in [6.07, 6.45) is 15.0. The quantitative estimate of drug-likeness (QED) is 0.0222. The Morgan fingerprint density at radius 1 is 0.435 bits per heavy atom. The minimum atomic E-state index is -3.91. The first-order valence-corrected chi connectivity index (χ1v) is 48.0. The molecule has 2 aliphatic rings. The van der Waals surface area contributed by atoms with Gasteiger partial charge in [-0.15, -0.1) is 15.3 Å². The van der Waals surface area contributed by atoms with Crippen LogP contribution in [0.1, 0.15) is 210 Å². The summed E-state index contributed by atoms with van der Waals surface area (Å²) in [5, 5.41) is 32.8. The number of aliphatic hydroxyl groups is 2. The number of aryl methyl sites for hydroxylation is 3. The number of nitrogens with zero attached hydrogens (tertiary/aromatic N) is 14. The molecule has 0 aliphatic carbocycles. The molecule has 4 aromatic carbocycles. The number of piperazine rings is 2. The maximum atomic E-state index is 13.8. The number of ether oxygens (including phenoxy) is 5. The monoisotopic (exact) mass is 1770 g/mol. The lowest BCUT2D eigenvalue weighted by molar-refractivity contribution is 0.151. The molecule has 0 spiro atoms. The predicted octanol–water partition coefficient (Wildman–Crippen LogP) is 11.7. The largest absolute Gasteiger partial charge is 0.493 e. The molecule has 0 bridgehead atoms. The van der Waals surface area contributed by atoms with Gasteiger partial charge in [0.15, 0.2) is 45.5 Å². The number of benzene rings is 4. The average Bonchev–Trinajstić information content (AvgIpc) is 1.57. The Hall–Kier alpha value is -9.50. The molecule has 0 radical (unpaired) electrons. The topological polar surface area (TPSA) is 394 Å². The maximum Gasteiger partial charge on any atom is 0.277 e. The van der Waals surface area contributed by atoms with Gasteiger partial charge in [-0.2, -0.15) is 8.61 Å². The van der Waals surface area contributed by atoms with Crippen molar-refractivity contribution >= 4 is 46.6 Å². The summed E-state index contributed by atoms with van der Waals surface area (Å²) in [4.78, 5) is 67.1. The second-order valence-corrected chi connectivity index (χ2v) is 37.2. The first kappa shape index (κ1) is 96.7. The van der Waals surface area contributed by atoms with E-state index in [0.29, 0.717) is 177 Å². The zero-order valence-electron chi connectivity index (χ0n) is 74.7. The fourth-order valence-electron chi connectivity index (χ4n) is 16.1. The number of sulfonamides is 3. The second kappa shape index (κ2) is 44.6. The van der Waals surface area contributed by atoms with Gasteiger partial charge in [-0.05, 0) is 159 Å². The SMILES string of the molecule is CCCCCCC(CC)c1nc(C)c2c(=O)[nH]c(-c3cc(S(=O)(=O)N(C)CCc4ccc(OC)c(OC)c4)ccc3OCC)nn12.CCCCCCC(CC)c1nc(C)c2c(=O)[nH]c(-c3cc(S(=O)(=O)N4CCN(CCO)CC4)ccc3OCC)nn12.CCOc1ccc(S(=O)(=O)N2CCN(CCO)CC2)cc1-c1nn2c(C(CC)CC)nc(C)c2c(=O)[nH]1. The highest BCUT2D eigenvalue weighted by molar-refractivity contribution is 7.89. The number of hydrogen-bond donors (Lipinski definition) is 5. The summed E-state index contributed by atoms with van der Waals surface area (Å²) in [5.74, 6) is 5.77. The van der Waals surface area contributed by atoms with E-state index >= 15 is 0 Å². The molecular formula is C88H127N17O16S3. The molecule has 124 heavy (non-hydrogen) atoms. The number of aliphatic hydroxyl groups excluding tert-OH is 2. The molecule has 5 N–H and O–H groups in total. The molecule has 2 aliphatic heterocycles. The molecule has 36 heteroatoms. The number of aromatic amines is 3. The van der Waals surface area contributed by atoms with Crippen molar-refractivity contribution in [2.45, 2.75) is 212 Å². The predicted molar refractivity (Wildman–Crippen MR) is 479 cm³/mol. The fraction of sp³-hybridized carbons (Fsp3) is 0.557. The lowest BCUT2D eigenvalue weighted by atomic mass is 9.97. The zero-order chi connectivity index (χ0) is 89.7. The second-order valence-electron chi connectivity index (χ2n) is 31.3. The van der Waals surface area contributed by atoms with Crippen LogP contribution in [-0.2, 0) is 36.5 Å². The fourth-order valence-corrected chi connectivity index (χ4v) is 20.2. The third-order valence-corrected chi connectivity index (χ3v) is 28.8. The highest BCUT2D eigenvalue weighted by Crippen LogP contribution is 2.38. The molecule has 10 aromatic rings. The van der Waals surface area contributed by atoms with Crippen LogP contribution in [0.15, 0.2) is 102 Å². The van der Waals surface area contributed by atoms with Gasteiger partial charge in [-0.1, -0.05) is 99.0 Å². The summed E-state index contributed by atoms with van der Waals surface area (Å²) in [6, 6.07) is 19.5. The van der Waals surface area contributed by atoms with Crippen molar-refractivity contribution in [3.05, 3.63) is 144 Å². The van der Waals surface area contributed by atoms with Crippen LogP contribution in [0.4, 0.5) is 0 Å². The molecule has 2 fully saturated rings. The van der Waals surface area contributed by atoms with Gasteiger partial charge in [0.25, 0.3) is 16.7 Å². The van der Waals surface area contributed by atoms with E-state index in [-0.39, 0.29) is 86.3 Å². The Morgan fingerprint density at radius 3 is 1.12 bits per heavy atom. The van der Waals surface area contributed by atoms with Gasteiger partial charge in [0.1, 0.15) is 34.7 Å². The van der Waals surface area contributed by atoms with Crippen molar-refractivity contribution in [1.29, 1.82) is 0 Å². The molecule has 0 amide bonds. The van der Waals surface area contributed by atoms with Crippen molar-refractivity contribution in [3.63, 3.8) is 0 Å². The maximum absolute atomic E-state index is 13.8. The summed E-state index contributed by atoms with van der Waals surface area (Å²) in [7, 11) is -6.82. The third-order valence-electron chi connectivity index (χ3n) is 23.1. The van der Waals surface area contributed by atoms with Crippen LogP contribution < -0.4 is 40.4 Å². The summed E-state index contributed by atoms with van der Waals surface area (Å²) in [6.45, 7) is 29.7. The number of methoxy groups -OCH3 is 2. The molecule has 2 saturated heterocycles. The van der Waals surface area contributed by atoms with Crippen molar-refractivity contribution in [3.8, 4) is 62.9 Å². The number of hydrogen-bond acceptors (Lipinski definition) is 24. The van der Waals surface area contributed by atoms with E-state index in [1.807, 2.05) is 56.6 Å². The number of nitrogens with one attached hydrogen (secondary N) is 3. The van der Waals surface area contributed by atoms with E-state index in [1.54, 1.807) is 66.0 Å². The normalized spacial score (nSPS) is 14.6. The molecule has 2 unspecified atom stereocenters. The summed E-state index contributed by atoms with van der Waals surface area (Å²) in [5.41, 5.74) is 4.07. The number of unbranched alkanes of at least 4 members (excludes halogenated alkanes) is 6. The molecule has 6 aromatic heterocycles. The Balaban J connectivity index is 0.000000196. The summed E-state index contributed by atoms with van der Waals surface area (Å²) >= 11 is 0. The molecule has 678 valence electrons. The van der Waals surface area contributed by atoms with E-state index in [1.165, 1.54) is 68.6 Å². The van der Waals surface area contributed by atoms with Crippen LogP contribution >= 0.6 is 0 Å². The molecule has 33 nitrogen and oxygen atoms in total. The van der Waals surface area contributed by atoms with Crippen molar-refractivity contribution in [1.82, 2.24) is 81.5 Å². The van der Waals surface area contributed by atoms with Gasteiger partial charge in [0, 0.05) is 96.8 Å². The molecular weight excluding hydrogens is 1650 g/mol. The number of rotatable bonds is 41. The van der Waals surface area contributed by atoms with Crippen molar-refractivity contribution in [2.24, 2.45) is 0 Å². The Morgan fingerprint density at radius 2 is 0.782 bits per heavy atom. The van der Waals surface area contributed by atoms with E-state index in [9.17, 15) is 49.9 Å². The lowest BCUT2D eigenvalue weighted by Crippen LogP contribution is -2.49. The highest BCUT2D eigenvalue weighted by atomic mass is 32.2. The molecule has 0 saturated carbocycles. The lowest BCUT2D eigenvalue weighted by Gasteiger charge is -2.33. The van der Waals surface area contributed by atoms with Crippen molar-refractivity contribution in [2.75, 3.05) is 126 Å². The standard InChI is InChI=1S/C34H47N5O6S.C29H44N6O5S.C25H36N6O5S/c1-8-11-12-13-14-25(9-2)33-35-23(4)31-34(40)36-32(37-39(31)33)27-22-26(16-18-28(27)45-10-3)46(41,42)38(5)20-19-24-15-17-29(43-6)30(21-24)44-7;1-5-8-9-10-11-22(6-2)28-30-21(4)26-29(37)31-27(32-35(26)28)24-20-23(12-13-25(24)40-7-3)41(38,39)34-16-14-33(15-17-34)18-19-36;1-5-18(6-2)24-26-17(4)22-25(33)27-23(28-31(22)24)20-16-19(8-9-21(20)36-7-3)37(34,35)30-12-10-29(11-13-30)14-15-32/h15-18,21-22,25H,8-14,19-20H2,1-7H3,(H,36,37,40);12-13,20,22,36H,5-11,14-19H2,1-4H3,(H,31,32,37);8-9,16,18,32H,5-7,10-15H2,1-4H3,(H,27,28,33). The first-order chi connectivity index (χ1) is 59.6. The van der Waals surface area contributed by atoms with Gasteiger partial charge < -0.3 is 48.8 Å². The smallest absolute Gasteiger partial charge is 0.277 e. The van der Waals surface area contributed by atoms with Crippen LogP contribution in [0.2, 0.25) is 0 Å². The summed E-state index contributed by atoms with van der Waals surface area (Å²) < 4.78 is 119. The minimum absolute atomic E-state index is 0.0416. The van der Waals surface area contributed by atoms with Crippen molar-refractivity contribution < 1.29 is 59.2 Å². The van der Waals surface area contributed by atoms with Crippen LogP contribution in [0, 0.1) is 20.8 Å². The number of β-amino-alcohol motifs (C(OH)–C–C–N with tert-alkyl or cyclic N) is 2. The number of imidazole rings is 3. The third kappa shape index (κ3) is 22.3. The molecule has 8 heterocycles. The van der Waals surface area contributed by atoms with Gasteiger partial charge in [0.05, 0.1) is 95.7 Å². The van der Waals surface area contributed by atoms with Gasteiger partial charge in [0.2, 0.25) is 30.1 Å². The molecule has 12 rings (SSSR count). The zero-order valence-corrected chi connectivity index (χ0v) is 77.1. The van der Waals surface area contributed by atoms with Gasteiger partial charge >= 0.3 is 0 Å². The first-order valence-electron chi connectivity index (χ1n) is 43.7. The van der Waals surface area contributed by atoms with E-state index in [2.05, 4.69) is 61.5 Å². The van der Waals surface area contributed by atoms with Gasteiger partial charge in [-0.25, -0.2) is 58.1 Å². The number of likely N-dealkylation sites (N-methyl/N-ethyl adjacent to an activating group) is 1. The van der Waals surface area contributed by atoms with Crippen LogP contribution in [-0.4, -0.2) is 243 Å². The Bertz CT molecular complexity index is 5790. The van der Waals surface area contributed by atoms with Crippen LogP contribution in [0.5, 0.6) is 28.7 Å². The number of H-pyrrole nitrogens is 3. The highest BCUT2D eigenvalue weighted by Gasteiger charge is 2.34. The van der Waals surface area contributed by atoms with E-state index in [0.717, 1.165) is 87.8 Å². The number of fused-ring (bicyclic) bond motifs is 3. The Labute approximate surface area is 728 Å². The number of aromatic nitrogens is 12.